The van der Waals surface area contributed by atoms with Crippen LogP contribution >= 0.6 is 0 Å². The molecule has 5 heteroatoms. The van der Waals surface area contributed by atoms with E-state index in [0.29, 0.717) is 5.82 Å². The van der Waals surface area contributed by atoms with Gasteiger partial charge in [0.1, 0.15) is 5.82 Å². The zero-order chi connectivity index (χ0) is 12.8. The number of aromatic nitrogens is 3. The van der Waals surface area contributed by atoms with E-state index < -0.39 is 0 Å². The van der Waals surface area contributed by atoms with Crippen LogP contribution in [0.1, 0.15) is 24.2 Å². The highest BCUT2D eigenvalue weighted by molar-refractivity contribution is 5.39. The number of hydrogen-bond acceptors (Lipinski definition) is 5. The third-order valence-corrected chi connectivity index (χ3v) is 2.74. The predicted octanol–water partition coefficient (Wildman–Crippen LogP) is 1.35. The Morgan fingerprint density at radius 3 is 2.83 bits per heavy atom. The maximum atomic E-state index is 5.87. The number of pyridine rings is 1. The van der Waals surface area contributed by atoms with Crippen molar-refractivity contribution in [1.82, 2.24) is 20.3 Å². The largest absolute Gasteiger partial charge is 0.383 e. The molecule has 18 heavy (non-hydrogen) atoms. The molecular weight excluding hydrogens is 226 g/mol. The number of hydrogen-bond donors (Lipinski definition) is 2. The van der Waals surface area contributed by atoms with E-state index in [1.54, 1.807) is 24.8 Å². The summed E-state index contributed by atoms with van der Waals surface area (Å²) in [7, 11) is 0. The van der Waals surface area contributed by atoms with E-state index in [-0.39, 0.29) is 6.04 Å². The topological polar surface area (TPSA) is 76.7 Å². The lowest BCUT2D eigenvalue weighted by Crippen LogP contribution is -2.24. The Bertz CT molecular complexity index is 486. The summed E-state index contributed by atoms with van der Waals surface area (Å²) in [5.41, 5.74) is 7.81. The molecule has 0 saturated heterocycles. The van der Waals surface area contributed by atoms with Crippen molar-refractivity contribution in [2.75, 3.05) is 12.3 Å². The molecule has 0 spiro atoms. The third kappa shape index (κ3) is 3.01. The fourth-order valence-corrected chi connectivity index (χ4v) is 1.86. The second kappa shape index (κ2) is 6.07. The monoisotopic (exact) mass is 243 g/mol. The summed E-state index contributed by atoms with van der Waals surface area (Å²) >= 11 is 0. The fraction of sp³-hybridized carbons (Fsp3) is 0.308. The van der Waals surface area contributed by atoms with Crippen molar-refractivity contribution < 1.29 is 0 Å². The van der Waals surface area contributed by atoms with Crippen molar-refractivity contribution in [3.63, 3.8) is 0 Å². The summed E-state index contributed by atoms with van der Waals surface area (Å²) in [6, 6.07) is 3.99. The van der Waals surface area contributed by atoms with Crippen molar-refractivity contribution in [2.45, 2.75) is 19.4 Å². The molecule has 1 unspecified atom stereocenters. The molecular formula is C13H17N5. The van der Waals surface area contributed by atoms with Gasteiger partial charge in [0.15, 0.2) is 0 Å². The predicted molar refractivity (Wildman–Crippen MR) is 70.8 cm³/mol. The molecule has 0 saturated carbocycles. The molecule has 94 valence electrons. The fourth-order valence-electron chi connectivity index (χ4n) is 1.86. The minimum atomic E-state index is 0.107. The molecule has 5 nitrogen and oxygen atoms in total. The van der Waals surface area contributed by atoms with Crippen molar-refractivity contribution >= 4 is 5.82 Å². The molecule has 0 bridgehead atoms. The Balaban J connectivity index is 2.19. The summed E-state index contributed by atoms with van der Waals surface area (Å²) in [5.74, 6) is 0.573. The van der Waals surface area contributed by atoms with E-state index in [9.17, 15) is 0 Å². The second-order valence-corrected chi connectivity index (χ2v) is 3.99. The smallest absolute Gasteiger partial charge is 0.126 e. The van der Waals surface area contributed by atoms with Gasteiger partial charge in [-0.15, -0.1) is 0 Å². The van der Waals surface area contributed by atoms with E-state index in [2.05, 4.69) is 27.2 Å². The lowest BCUT2D eigenvalue weighted by Gasteiger charge is -2.17. The quantitative estimate of drug-likeness (QED) is 0.829. The van der Waals surface area contributed by atoms with E-state index in [4.69, 9.17) is 5.73 Å². The van der Waals surface area contributed by atoms with Gasteiger partial charge < -0.3 is 11.1 Å². The Morgan fingerprint density at radius 2 is 2.17 bits per heavy atom. The van der Waals surface area contributed by atoms with Gasteiger partial charge in [-0.25, -0.2) is 4.98 Å². The van der Waals surface area contributed by atoms with Gasteiger partial charge in [0.25, 0.3) is 0 Å². The normalized spacial score (nSPS) is 12.3. The van der Waals surface area contributed by atoms with Gasteiger partial charge >= 0.3 is 0 Å². The van der Waals surface area contributed by atoms with Crippen molar-refractivity contribution in [3.8, 4) is 0 Å². The van der Waals surface area contributed by atoms with E-state index in [0.717, 1.165) is 24.2 Å². The first-order chi connectivity index (χ1) is 8.81. The summed E-state index contributed by atoms with van der Waals surface area (Å²) in [5, 5.41) is 3.39. The van der Waals surface area contributed by atoms with Gasteiger partial charge in [-0.1, -0.05) is 13.0 Å². The second-order valence-electron chi connectivity index (χ2n) is 3.99. The van der Waals surface area contributed by atoms with Gasteiger partial charge in [0.05, 0.1) is 11.7 Å². The summed E-state index contributed by atoms with van der Waals surface area (Å²) in [4.78, 5) is 12.5. The minimum Gasteiger partial charge on any atom is -0.383 e. The number of nitrogens with zero attached hydrogens (tertiary/aromatic N) is 3. The highest BCUT2D eigenvalue weighted by atomic mass is 14.9. The van der Waals surface area contributed by atoms with Crippen LogP contribution in [0.15, 0.2) is 36.9 Å². The van der Waals surface area contributed by atoms with E-state index in [1.165, 1.54) is 0 Å². The van der Waals surface area contributed by atoms with Crippen molar-refractivity contribution in [3.05, 3.63) is 48.2 Å². The van der Waals surface area contributed by atoms with Crippen LogP contribution in [0.4, 0.5) is 5.82 Å². The van der Waals surface area contributed by atoms with Gasteiger partial charge in [-0.3, -0.25) is 9.97 Å². The number of rotatable bonds is 5. The van der Waals surface area contributed by atoms with Crippen LogP contribution in [-0.2, 0) is 6.42 Å². The van der Waals surface area contributed by atoms with Gasteiger partial charge in [-0.2, -0.15) is 0 Å². The summed E-state index contributed by atoms with van der Waals surface area (Å²) in [6.45, 7) is 2.93. The van der Waals surface area contributed by atoms with Gasteiger partial charge in [0, 0.05) is 24.8 Å². The number of nitrogens with two attached hydrogens (primary N) is 1. The first kappa shape index (κ1) is 12.4. The van der Waals surface area contributed by atoms with Crippen LogP contribution in [0.2, 0.25) is 0 Å². The lowest BCUT2D eigenvalue weighted by molar-refractivity contribution is 0.534. The molecule has 2 aromatic rings. The number of likely N-dealkylation sites (N-methyl/N-ethyl adjacent to an activating group) is 1. The average Bonchev–Trinajstić information content (AvgIpc) is 2.42. The molecule has 2 aromatic heterocycles. The zero-order valence-corrected chi connectivity index (χ0v) is 10.4. The van der Waals surface area contributed by atoms with Gasteiger partial charge in [0.2, 0.25) is 0 Å². The van der Waals surface area contributed by atoms with Gasteiger partial charge in [-0.05, 0) is 24.6 Å². The molecule has 0 aliphatic carbocycles. The molecule has 0 amide bonds. The Hall–Kier alpha value is -2.01. The number of nitrogen functional groups attached to an aromatic ring is 1. The van der Waals surface area contributed by atoms with Crippen LogP contribution in [0, 0.1) is 0 Å². The molecule has 0 aromatic carbocycles. The molecule has 0 aliphatic heterocycles. The van der Waals surface area contributed by atoms with Crippen LogP contribution in [0.3, 0.4) is 0 Å². The number of anilines is 1. The van der Waals surface area contributed by atoms with Crippen molar-refractivity contribution in [1.29, 1.82) is 0 Å². The molecule has 0 aliphatic rings. The van der Waals surface area contributed by atoms with Crippen LogP contribution in [0.5, 0.6) is 0 Å². The number of nitrogens with one attached hydrogen (secondary N) is 1. The summed E-state index contributed by atoms with van der Waals surface area (Å²) < 4.78 is 0. The highest BCUT2D eigenvalue weighted by Gasteiger charge is 2.14. The third-order valence-electron chi connectivity index (χ3n) is 2.74. The Morgan fingerprint density at radius 1 is 1.28 bits per heavy atom. The average molecular weight is 243 g/mol. The minimum absolute atomic E-state index is 0.107. The highest BCUT2D eigenvalue weighted by Crippen LogP contribution is 2.18. The molecule has 2 rings (SSSR count). The molecule has 2 heterocycles. The molecule has 1 atom stereocenters. The SMILES string of the molecule is CCNC(Cc1cccnc1N)c1cnccn1. The molecule has 0 fully saturated rings. The molecule has 3 N–H and O–H groups in total. The van der Waals surface area contributed by atoms with Crippen molar-refractivity contribution in [2.24, 2.45) is 0 Å². The van der Waals surface area contributed by atoms with Crippen LogP contribution in [0.25, 0.3) is 0 Å². The van der Waals surface area contributed by atoms with Crippen LogP contribution in [-0.4, -0.2) is 21.5 Å². The lowest BCUT2D eigenvalue weighted by atomic mass is 10.0. The standard InChI is InChI=1S/C13H17N5/c1-2-16-11(12-9-15-6-7-17-12)8-10-4-3-5-18-13(10)14/h3-7,9,11,16H,2,8H2,1H3,(H2,14,18). The maximum absolute atomic E-state index is 5.87. The molecule has 0 radical (unpaired) electrons. The maximum Gasteiger partial charge on any atom is 0.126 e. The first-order valence-electron chi connectivity index (χ1n) is 6.00. The van der Waals surface area contributed by atoms with E-state index >= 15 is 0 Å². The first-order valence-corrected chi connectivity index (χ1v) is 6.00. The Labute approximate surface area is 106 Å². The summed E-state index contributed by atoms with van der Waals surface area (Å²) in [6.07, 6.45) is 7.60. The van der Waals surface area contributed by atoms with E-state index in [1.807, 2.05) is 12.1 Å². The zero-order valence-electron chi connectivity index (χ0n) is 10.4. The Kier molecular flexibility index (Phi) is 4.20. The van der Waals surface area contributed by atoms with Crippen LogP contribution < -0.4 is 11.1 Å².